The van der Waals surface area contributed by atoms with Crippen molar-refractivity contribution >= 4 is 5.95 Å². The van der Waals surface area contributed by atoms with Crippen molar-refractivity contribution in [3.05, 3.63) is 60.4 Å². The second-order valence-corrected chi connectivity index (χ2v) is 4.62. The lowest BCUT2D eigenvalue weighted by atomic mass is 10.0. The second kappa shape index (κ2) is 6.23. The van der Waals surface area contributed by atoms with Crippen LogP contribution in [0.25, 0.3) is 0 Å². The number of rotatable bonds is 6. The third-order valence-corrected chi connectivity index (χ3v) is 3.16. The maximum atomic E-state index is 4.55. The second-order valence-electron chi connectivity index (χ2n) is 4.62. The molecule has 2 rings (SSSR count). The van der Waals surface area contributed by atoms with Crippen LogP contribution in [0.4, 0.5) is 5.95 Å². The highest BCUT2D eigenvalue weighted by molar-refractivity contribution is 5.33. The van der Waals surface area contributed by atoms with Gasteiger partial charge < -0.3 is 9.88 Å². The zero-order chi connectivity index (χ0) is 13.7. The summed E-state index contributed by atoms with van der Waals surface area (Å²) in [5.41, 5.74) is 2.34. The van der Waals surface area contributed by atoms with Crippen molar-refractivity contribution in [2.75, 3.05) is 11.9 Å². The Labute approximate surface area is 115 Å². The maximum absolute atomic E-state index is 4.55. The number of anilines is 1. The molecular weight excluding hydrogens is 234 g/mol. The molecule has 100 valence electrons. The summed E-state index contributed by atoms with van der Waals surface area (Å²) in [6, 6.07) is 10.9. The molecule has 0 radical (unpaired) electrons. The van der Waals surface area contributed by atoms with Crippen molar-refractivity contribution in [2.24, 2.45) is 0 Å². The van der Waals surface area contributed by atoms with Crippen molar-refractivity contribution in [3.8, 4) is 0 Å². The van der Waals surface area contributed by atoms with Gasteiger partial charge in [-0.05, 0) is 18.9 Å². The third kappa shape index (κ3) is 3.05. The molecule has 1 aromatic carbocycles. The quantitative estimate of drug-likeness (QED) is 0.796. The number of benzene rings is 1. The molecule has 0 spiro atoms. The molecule has 0 aliphatic heterocycles. The lowest BCUT2D eigenvalue weighted by molar-refractivity contribution is 0.571. The molecular formula is C16H21N3. The Morgan fingerprint density at radius 1 is 1.37 bits per heavy atom. The Morgan fingerprint density at radius 2 is 2.11 bits per heavy atom. The van der Waals surface area contributed by atoms with Crippen molar-refractivity contribution in [1.29, 1.82) is 0 Å². The molecule has 3 heteroatoms. The van der Waals surface area contributed by atoms with E-state index in [0.717, 1.165) is 24.6 Å². The van der Waals surface area contributed by atoms with Gasteiger partial charge in [0.05, 0.1) is 11.7 Å². The maximum Gasteiger partial charge on any atom is 0.203 e. The fourth-order valence-corrected chi connectivity index (χ4v) is 2.32. The number of aryl methyl sites for hydroxylation is 1. The zero-order valence-corrected chi connectivity index (χ0v) is 11.6. The normalized spacial score (nSPS) is 12.1. The van der Waals surface area contributed by atoms with Crippen LogP contribution < -0.4 is 5.32 Å². The van der Waals surface area contributed by atoms with Gasteiger partial charge >= 0.3 is 0 Å². The molecule has 0 saturated heterocycles. The van der Waals surface area contributed by atoms with Gasteiger partial charge in [-0.3, -0.25) is 0 Å². The monoisotopic (exact) mass is 255 g/mol. The van der Waals surface area contributed by atoms with E-state index in [1.807, 2.05) is 19.1 Å². The highest BCUT2D eigenvalue weighted by Crippen LogP contribution is 2.25. The summed E-state index contributed by atoms with van der Waals surface area (Å²) in [6.45, 7) is 8.68. The summed E-state index contributed by atoms with van der Waals surface area (Å²) in [7, 11) is 0. The van der Waals surface area contributed by atoms with Gasteiger partial charge in [0.2, 0.25) is 5.95 Å². The summed E-state index contributed by atoms with van der Waals surface area (Å²) >= 11 is 0. The van der Waals surface area contributed by atoms with Crippen LogP contribution in [-0.2, 0) is 0 Å². The predicted octanol–water partition coefficient (Wildman–Crippen LogP) is 3.79. The molecule has 0 amide bonds. The molecule has 3 nitrogen and oxygen atoms in total. The molecule has 1 aromatic heterocycles. The van der Waals surface area contributed by atoms with E-state index >= 15 is 0 Å². The lowest BCUT2D eigenvalue weighted by Gasteiger charge is -2.20. The Bertz CT molecular complexity index is 528. The number of hydrogen-bond donors (Lipinski definition) is 1. The fourth-order valence-electron chi connectivity index (χ4n) is 2.32. The minimum Gasteiger partial charge on any atom is -0.352 e. The molecule has 1 heterocycles. The number of nitrogens with one attached hydrogen (secondary N) is 1. The SMILES string of the molecule is C=CCNc1nc(C)cn1C(CC)c1ccccc1. The third-order valence-electron chi connectivity index (χ3n) is 3.16. The average molecular weight is 255 g/mol. The first-order chi connectivity index (χ1) is 9.26. The van der Waals surface area contributed by atoms with Gasteiger partial charge in [-0.1, -0.05) is 43.3 Å². The van der Waals surface area contributed by atoms with Crippen LogP contribution in [0.15, 0.2) is 49.2 Å². The van der Waals surface area contributed by atoms with Crippen molar-refractivity contribution in [1.82, 2.24) is 9.55 Å². The van der Waals surface area contributed by atoms with Crippen LogP contribution in [0.2, 0.25) is 0 Å². The van der Waals surface area contributed by atoms with E-state index in [1.165, 1.54) is 5.56 Å². The molecule has 0 aliphatic rings. The summed E-state index contributed by atoms with van der Waals surface area (Å²) in [4.78, 5) is 4.55. The molecule has 0 bridgehead atoms. The average Bonchev–Trinajstić information content (AvgIpc) is 2.79. The Balaban J connectivity index is 2.35. The minimum absolute atomic E-state index is 0.315. The molecule has 0 aliphatic carbocycles. The highest BCUT2D eigenvalue weighted by atomic mass is 15.2. The van der Waals surface area contributed by atoms with Crippen LogP contribution >= 0.6 is 0 Å². The van der Waals surface area contributed by atoms with Gasteiger partial charge in [0.25, 0.3) is 0 Å². The fraction of sp³-hybridized carbons (Fsp3) is 0.312. The van der Waals surface area contributed by atoms with Gasteiger partial charge in [-0.25, -0.2) is 4.98 Å². The van der Waals surface area contributed by atoms with Crippen molar-refractivity contribution in [2.45, 2.75) is 26.3 Å². The molecule has 19 heavy (non-hydrogen) atoms. The van der Waals surface area contributed by atoms with E-state index in [0.29, 0.717) is 6.04 Å². The van der Waals surface area contributed by atoms with Gasteiger partial charge in [0.1, 0.15) is 0 Å². The lowest BCUT2D eigenvalue weighted by Crippen LogP contribution is -2.13. The smallest absolute Gasteiger partial charge is 0.203 e. The van der Waals surface area contributed by atoms with Gasteiger partial charge in [0, 0.05) is 12.7 Å². The van der Waals surface area contributed by atoms with Gasteiger partial charge in [-0.15, -0.1) is 6.58 Å². The van der Waals surface area contributed by atoms with E-state index in [2.05, 4.69) is 58.8 Å². The standard InChI is InChI=1S/C16H21N3/c1-4-11-17-16-18-13(3)12-19(16)15(5-2)14-9-7-6-8-10-14/h4,6-10,12,15H,1,5,11H2,2-3H3,(H,17,18). The summed E-state index contributed by atoms with van der Waals surface area (Å²) in [5.74, 6) is 0.910. The number of imidazole rings is 1. The first kappa shape index (κ1) is 13.4. The van der Waals surface area contributed by atoms with E-state index in [-0.39, 0.29) is 0 Å². The summed E-state index contributed by atoms with van der Waals surface area (Å²) < 4.78 is 2.22. The molecule has 2 aromatic rings. The van der Waals surface area contributed by atoms with Crippen LogP contribution in [-0.4, -0.2) is 16.1 Å². The number of aromatic nitrogens is 2. The largest absolute Gasteiger partial charge is 0.352 e. The Kier molecular flexibility index (Phi) is 4.39. The number of nitrogens with zero attached hydrogens (tertiary/aromatic N) is 2. The first-order valence-electron chi connectivity index (χ1n) is 6.71. The molecule has 1 N–H and O–H groups in total. The zero-order valence-electron chi connectivity index (χ0n) is 11.6. The van der Waals surface area contributed by atoms with E-state index in [1.54, 1.807) is 0 Å². The van der Waals surface area contributed by atoms with Crippen LogP contribution in [0.5, 0.6) is 0 Å². The predicted molar refractivity (Wildman–Crippen MR) is 80.5 cm³/mol. The minimum atomic E-state index is 0.315. The van der Waals surface area contributed by atoms with E-state index in [9.17, 15) is 0 Å². The topological polar surface area (TPSA) is 29.9 Å². The van der Waals surface area contributed by atoms with Gasteiger partial charge in [0.15, 0.2) is 0 Å². The van der Waals surface area contributed by atoms with Crippen LogP contribution in [0.3, 0.4) is 0 Å². The van der Waals surface area contributed by atoms with Crippen molar-refractivity contribution in [3.63, 3.8) is 0 Å². The van der Waals surface area contributed by atoms with Crippen LogP contribution in [0, 0.1) is 6.92 Å². The van der Waals surface area contributed by atoms with Crippen LogP contribution in [0.1, 0.15) is 30.6 Å². The molecule has 0 saturated carbocycles. The molecule has 0 fully saturated rings. The summed E-state index contributed by atoms with van der Waals surface area (Å²) in [6.07, 6.45) is 4.98. The van der Waals surface area contributed by atoms with E-state index < -0.39 is 0 Å². The molecule has 1 unspecified atom stereocenters. The van der Waals surface area contributed by atoms with Crippen molar-refractivity contribution < 1.29 is 0 Å². The Morgan fingerprint density at radius 3 is 2.74 bits per heavy atom. The molecule has 1 atom stereocenters. The summed E-state index contributed by atoms with van der Waals surface area (Å²) in [5, 5.41) is 3.30. The number of hydrogen-bond acceptors (Lipinski definition) is 2. The first-order valence-corrected chi connectivity index (χ1v) is 6.71. The Hall–Kier alpha value is -2.03. The van der Waals surface area contributed by atoms with E-state index in [4.69, 9.17) is 0 Å². The highest BCUT2D eigenvalue weighted by Gasteiger charge is 2.15. The van der Waals surface area contributed by atoms with Gasteiger partial charge in [-0.2, -0.15) is 0 Å².